The molecule has 0 saturated heterocycles. The van der Waals surface area contributed by atoms with Gasteiger partial charge in [-0.25, -0.2) is 9.97 Å². The predicted molar refractivity (Wildman–Crippen MR) is 106 cm³/mol. The molecule has 7 heteroatoms. The van der Waals surface area contributed by atoms with Crippen molar-refractivity contribution in [3.63, 3.8) is 0 Å². The lowest BCUT2D eigenvalue weighted by Gasteiger charge is -2.21. The van der Waals surface area contributed by atoms with E-state index in [0.29, 0.717) is 5.82 Å². The van der Waals surface area contributed by atoms with Gasteiger partial charge in [-0.1, -0.05) is 30.3 Å². The summed E-state index contributed by atoms with van der Waals surface area (Å²) < 4.78 is 0. The van der Waals surface area contributed by atoms with E-state index in [-0.39, 0.29) is 0 Å². The summed E-state index contributed by atoms with van der Waals surface area (Å²) in [6.07, 6.45) is 0. The number of nitrogens with zero attached hydrogens (tertiary/aromatic N) is 5. The van der Waals surface area contributed by atoms with Crippen LogP contribution >= 0.6 is 0 Å². The topological polar surface area (TPSA) is 73.0 Å². The second kappa shape index (κ2) is 7.97. The summed E-state index contributed by atoms with van der Waals surface area (Å²) in [5.74, 6) is 3.02. The van der Waals surface area contributed by atoms with Gasteiger partial charge in [0.1, 0.15) is 11.6 Å². The van der Waals surface area contributed by atoms with Crippen LogP contribution in [0.4, 0.5) is 17.5 Å². The SMILES string of the molecule is Cc1cc(Nc2cc(N(C)CCN(C)C)nc(-c3ccccc3)n2)n[nH]1. The van der Waals surface area contributed by atoms with Crippen LogP contribution in [0.5, 0.6) is 0 Å². The average molecular weight is 351 g/mol. The van der Waals surface area contributed by atoms with Crippen LogP contribution in [0.3, 0.4) is 0 Å². The number of H-pyrrole nitrogens is 1. The fourth-order valence-corrected chi connectivity index (χ4v) is 2.49. The molecule has 136 valence electrons. The van der Waals surface area contributed by atoms with Gasteiger partial charge >= 0.3 is 0 Å². The lowest BCUT2D eigenvalue weighted by atomic mass is 10.2. The number of anilines is 3. The molecule has 2 N–H and O–H groups in total. The molecular formula is C19H25N7. The number of hydrogen-bond donors (Lipinski definition) is 2. The Hall–Kier alpha value is -2.93. The van der Waals surface area contributed by atoms with Crippen LogP contribution in [0.2, 0.25) is 0 Å². The molecule has 2 heterocycles. The Morgan fingerprint density at radius 3 is 2.38 bits per heavy atom. The quantitative estimate of drug-likeness (QED) is 0.682. The number of rotatable bonds is 7. The molecule has 0 amide bonds. The summed E-state index contributed by atoms with van der Waals surface area (Å²) in [4.78, 5) is 13.7. The smallest absolute Gasteiger partial charge is 0.163 e. The predicted octanol–water partition coefficient (Wildman–Crippen LogP) is 2.92. The van der Waals surface area contributed by atoms with Crippen LogP contribution in [0.15, 0.2) is 42.5 Å². The minimum Gasteiger partial charge on any atom is -0.358 e. The van der Waals surface area contributed by atoms with E-state index in [0.717, 1.165) is 41.8 Å². The molecule has 0 radical (unpaired) electrons. The fourth-order valence-electron chi connectivity index (χ4n) is 2.49. The molecule has 0 atom stereocenters. The summed E-state index contributed by atoms with van der Waals surface area (Å²) in [5.41, 5.74) is 1.98. The molecular weight excluding hydrogens is 326 g/mol. The Labute approximate surface area is 154 Å². The van der Waals surface area contributed by atoms with Gasteiger partial charge in [-0.15, -0.1) is 0 Å². The molecule has 0 aliphatic heterocycles. The van der Waals surface area contributed by atoms with Crippen LogP contribution in [0.25, 0.3) is 11.4 Å². The van der Waals surface area contributed by atoms with Crippen molar-refractivity contribution in [3.8, 4) is 11.4 Å². The lowest BCUT2D eigenvalue weighted by molar-refractivity contribution is 0.416. The maximum absolute atomic E-state index is 4.76. The summed E-state index contributed by atoms with van der Waals surface area (Å²) in [6.45, 7) is 3.79. The highest BCUT2D eigenvalue weighted by Crippen LogP contribution is 2.23. The maximum Gasteiger partial charge on any atom is 0.163 e. The number of aromatic amines is 1. The van der Waals surface area contributed by atoms with E-state index in [2.05, 4.69) is 44.4 Å². The summed E-state index contributed by atoms with van der Waals surface area (Å²) in [6, 6.07) is 13.9. The Morgan fingerprint density at radius 2 is 1.73 bits per heavy atom. The number of nitrogens with one attached hydrogen (secondary N) is 2. The van der Waals surface area contributed by atoms with E-state index in [1.807, 2.05) is 56.4 Å². The highest BCUT2D eigenvalue weighted by Gasteiger charge is 2.11. The lowest BCUT2D eigenvalue weighted by Crippen LogP contribution is -2.29. The first kappa shape index (κ1) is 17.9. The number of benzene rings is 1. The van der Waals surface area contributed by atoms with Gasteiger partial charge in [0.2, 0.25) is 0 Å². The van der Waals surface area contributed by atoms with Gasteiger partial charge in [-0.3, -0.25) is 5.10 Å². The van der Waals surface area contributed by atoms with Crippen LogP contribution < -0.4 is 10.2 Å². The maximum atomic E-state index is 4.76. The van der Waals surface area contributed by atoms with Gasteiger partial charge < -0.3 is 15.1 Å². The second-order valence-corrected chi connectivity index (χ2v) is 6.59. The van der Waals surface area contributed by atoms with E-state index in [1.165, 1.54) is 0 Å². The second-order valence-electron chi connectivity index (χ2n) is 6.59. The molecule has 0 aliphatic rings. The Morgan fingerprint density at radius 1 is 0.962 bits per heavy atom. The standard InChI is InChI=1S/C19H25N7/c1-14-12-17(24-23-14)20-16-13-18(26(4)11-10-25(2)3)22-19(21-16)15-8-6-5-7-9-15/h5-9,12-13H,10-11H2,1-4H3,(H2,20,21,22,23,24). The minimum absolute atomic E-state index is 0.689. The molecule has 26 heavy (non-hydrogen) atoms. The highest BCUT2D eigenvalue weighted by atomic mass is 15.2. The third kappa shape index (κ3) is 4.58. The normalized spacial score (nSPS) is 11.0. The minimum atomic E-state index is 0.689. The van der Waals surface area contributed by atoms with Gasteiger partial charge in [0, 0.05) is 43.5 Å². The molecule has 3 aromatic rings. The van der Waals surface area contributed by atoms with Crippen molar-refractivity contribution in [3.05, 3.63) is 48.2 Å². The molecule has 0 spiro atoms. The van der Waals surface area contributed by atoms with Gasteiger partial charge in [-0.2, -0.15) is 5.10 Å². The van der Waals surface area contributed by atoms with E-state index in [9.17, 15) is 0 Å². The molecule has 0 bridgehead atoms. The first-order valence-corrected chi connectivity index (χ1v) is 8.60. The molecule has 1 aromatic carbocycles. The fraction of sp³-hybridized carbons (Fsp3) is 0.316. The average Bonchev–Trinajstić information content (AvgIpc) is 3.04. The van der Waals surface area contributed by atoms with Crippen LogP contribution in [0.1, 0.15) is 5.69 Å². The third-order valence-electron chi connectivity index (χ3n) is 3.98. The largest absolute Gasteiger partial charge is 0.358 e. The highest BCUT2D eigenvalue weighted by molar-refractivity contribution is 5.64. The molecule has 0 unspecified atom stereocenters. The zero-order chi connectivity index (χ0) is 18.5. The molecule has 2 aromatic heterocycles. The van der Waals surface area contributed by atoms with Crippen molar-refractivity contribution in [2.45, 2.75) is 6.92 Å². The summed E-state index contributed by atoms with van der Waals surface area (Å²) >= 11 is 0. The molecule has 7 nitrogen and oxygen atoms in total. The van der Waals surface area contributed by atoms with E-state index in [1.54, 1.807) is 0 Å². The van der Waals surface area contributed by atoms with Gasteiger partial charge in [-0.05, 0) is 21.0 Å². The molecule has 3 rings (SSSR count). The Kier molecular flexibility index (Phi) is 5.48. The van der Waals surface area contributed by atoms with Crippen LogP contribution in [-0.2, 0) is 0 Å². The van der Waals surface area contributed by atoms with Gasteiger partial charge in [0.05, 0.1) is 0 Å². The van der Waals surface area contributed by atoms with Gasteiger partial charge in [0.15, 0.2) is 11.6 Å². The summed E-state index contributed by atoms with van der Waals surface area (Å²) in [5, 5.41) is 10.4. The van der Waals surface area contributed by atoms with Crippen molar-refractivity contribution >= 4 is 17.5 Å². The number of aromatic nitrogens is 4. The number of hydrogen-bond acceptors (Lipinski definition) is 6. The molecule has 0 aliphatic carbocycles. The van der Waals surface area contributed by atoms with Gasteiger partial charge in [0.25, 0.3) is 0 Å². The van der Waals surface area contributed by atoms with Crippen molar-refractivity contribution in [2.24, 2.45) is 0 Å². The van der Waals surface area contributed by atoms with Crippen molar-refractivity contribution in [1.29, 1.82) is 0 Å². The zero-order valence-corrected chi connectivity index (χ0v) is 15.7. The number of likely N-dealkylation sites (N-methyl/N-ethyl adjacent to an activating group) is 2. The number of aryl methyl sites for hydroxylation is 1. The van der Waals surface area contributed by atoms with Crippen molar-refractivity contribution < 1.29 is 0 Å². The van der Waals surface area contributed by atoms with Crippen LogP contribution in [-0.4, -0.2) is 59.3 Å². The zero-order valence-electron chi connectivity index (χ0n) is 15.7. The van der Waals surface area contributed by atoms with E-state index >= 15 is 0 Å². The van der Waals surface area contributed by atoms with E-state index < -0.39 is 0 Å². The monoisotopic (exact) mass is 351 g/mol. The van der Waals surface area contributed by atoms with Crippen molar-refractivity contribution in [2.75, 3.05) is 44.4 Å². The first-order valence-electron chi connectivity index (χ1n) is 8.60. The van der Waals surface area contributed by atoms with Crippen LogP contribution in [0, 0.1) is 6.92 Å². The Balaban J connectivity index is 1.93. The third-order valence-corrected chi connectivity index (χ3v) is 3.98. The Bertz CT molecular complexity index is 842. The molecule has 0 saturated carbocycles. The summed E-state index contributed by atoms with van der Waals surface area (Å²) in [7, 11) is 6.18. The first-order chi connectivity index (χ1) is 12.5. The van der Waals surface area contributed by atoms with E-state index in [4.69, 9.17) is 4.98 Å². The van der Waals surface area contributed by atoms with Crippen molar-refractivity contribution in [1.82, 2.24) is 25.1 Å². The molecule has 0 fully saturated rings.